The number of nitrogens with one attached hydrogen (secondary N) is 2. The molecule has 1 aromatic heterocycles. The first kappa shape index (κ1) is 29.1. The normalized spacial score (nSPS) is 19.5. The molecule has 2 aliphatic heterocycles. The summed E-state index contributed by atoms with van der Waals surface area (Å²) in [6.45, 7) is 2.36. The highest BCUT2D eigenvalue weighted by molar-refractivity contribution is 6.04. The molecule has 3 atom stereocenters. The summed E-state index contributed by atoms with van der Waals surface area (Å²) in [5.41, 5.74) is 4.23. The van der Waals surface area contributed by atoms with Crippen LogP contribution in [0.1, 0.15) is 51.4 Å². The summed E-state index contributed by atoms with van der Waals surface area (Å²) < 4.78 is 17.3. The molecule has 6 rings (SSSR count). The molecular formula is C34H34N4O6. The van der Waals surface area contributed by atoms with Gasteiger partial charge in [0.2, 0.25) is 5.91 Å². The minimum atomic E-state index is -0.439. The maximum atomic E-state index is 13.5. The average molecular weight is 595 g/mol. The number of rotatable bonds is 7. The summed E-state index contributed by atoms with van der Waals surface area (Å²) in [4.78, 5) is 40.5. The Morgan fingerprint density at radius 3 is 2.50 bits per heavy atom. The number of aryl methyl sites for hydroxylation is 1. The minimum Gasteiger partial charge on any atom is -0.490 e. The van der Waals surface area contributed by atoms with E-state index in [1.807, 2.05) is 30.3 Å². The molecule has 2 N–H and O–H groups in total. The molecule has 44 heavy (non-hydrogen) atoms. The Morgan fingerprint density at radius 1 is 0.977 bits per heavy atom. The number of hydrogen-bond donors (Lipinski definition) is 2. The first-order chi connectivity index (χ1) is 21.3. The molecule has 10 heteroatoms. The summed E-state index contributed by atoms with van der Waals surface area (Å²) >= 11 is 0. The van der Waals surface area contributed by atoms with Crippen LogP contribution in [0, 0.1) is 6.92 Å². The molecule has 3 heterocycles. The number of carbonyl (C=O) groups excluding carboxylic acids is 3. The largest absolute Gasteiger partial charge is 0.490 e. The number of hydrogen-bond acceptors (Lipinski definition) is 7. The standard InChI is InChI=1S/C34H34N4O6/c1-21-16-28(37-44-21)33(40)36-25-12-15-30-27(17-25)34(41)38(2)29-14-13-26(43-31(29)20-42-30)18-32(39)35-19-22-8-10-24(11-9-22)23-6-4-3-5-7-23/h3-12,15-17,26,29,31H,13-14,18-20H2,1-2H3,(H,35,39)(H,36,40)/t26-,29-,31+/m1/s1. The van der Waals surface area contributed by atoms with Gasteiger partial charge in [0, 0.05) is 25.3 Å². The van der Waals surface area contributed by atoms with Crippen LogP contribution >= 0.6 is 0 Å². The van der Waals surface area contributed by atoms with Crippen LogP contribution < -0.4 is 15.4 Å². The van der Waals surface area contributed by atoms with Gasteiger partial charge in [-0.3, -0.25) is 14.4 Å². The predicted octanol–water partition coefficient (Wildman–Crippen LogP) is 4.99. The van der Waals surface area contributed by atoms with E-state index in [1.165, 1.54) is 6.07 Å². The highest BCUT2D eigenvalue weighted by atomic mass is 16.5. The van der Waals surface area contributed by atoms with E-state index < -0.39 is 5.91 Å². The van der Waals surface area contributed by atoms with Gasteiger partial charge in [0.25, 0.3) is 11.8 Å². The van der Waals surface area contributed by atoms with E-state index in [0.717, 1.165) is 16.7 Å². The van der Waals surface area contributed by atoms with Crippen molar-refractivity contribution in [3.8, 4) is 16.9 Å². The third-order valence-corrected chi connectivity index (χ3v) is 8.09. The fourth-order valence-corrected chi connectivity index (χ4v) is 5.70. The van der Waals surface area contributed by atoms with Gasteiger partial charge >= 0.3 is 0 Å². The van der Waals surface area contributed by atoms with E-state index in [4.69, 9.17) is 14.0 Å². The number of ether oxygens (including phenoxy) is 2. The molecule has 0 radical (unpaired) electrons. The summed E-state index contributed by atoms with van der Waals surface area (Å²) in [5.74, 6) is 0.165. The van der Waals surface area contributed by atoms with Gasteiger partial charge < -0.3 is 29.5 Å². The van der Waals surface area contributed by atoms with Crippen molar-refractivity contribution in [2.45, 2.75) is 51.0 Å². The number of fused-ring (bicyclic) bond motifs is 2. The third kappa shape index (κ3) is 6.50. The van der Waals surface area contributed by atoms with Crippen molar-refractivity contribution in [2.75, 3.05) is 19.0 Å². The van der Waals surface area contributed by atoms with Crippen LogP contribution in [-0.2, 0) is 16.1 Å². The van der Waals surface area contributed by atoms with E-state index >= 15 is 0 Å². The number of amides is 3. The lowest BCUT2D eigenvalue weighted by atomic mass is 9.94. The Balaban J connectivity index is 1.04. The quantitative estimate of drug-likeness (QED) is 0.309. The number of benzene rings is 3. The lowest BCUT2D eigenvalue weighted by Gasteiger charge is -2.42. The van der Waals surface area contributed by atoms with Crippen LogP contribution in [0.4, 0.5) is 5.69 Å². The number of carbonyl (C=O) groups is 3. The summed E-state index contributed by atoms with van der Waals surface area (Å²) in [6, 6.07) is 24.6. The second-order valence-corrected chi connectivity index (χ2v) is 11.2. The molecule has 3 amide bonds. The SMILES string of the molecule is Cc1cc(C(=O)Nc2ccc3c(c2)C(=O)N(C)[C@@H]2CC[C@H](CC(=O)NCc4ccc(-c5ccccc5)cc4)O[C@H]2CO3)no1. The molecule has 1 saturated heterocycles. The molecule has 226 valence electrons. The van der Waals surface area contributed by atoms with Crippen molar-refractivity contribution in [3.63, 3.8) is 0 Å². The molecule has 0 spiro atoms. The van der Waals surface area contributed by atoms with Gasteiger partial charge in [0.05, 0.1) is 24.1 Å². The number of aromatic nitrogens is 1. The lowest BCUT2D eigenvalue weighted by Crippen LogP contribution is -2.53. The maximum Gasteiger partial charge on any atom is 0.277 e. The molecule has 1 fully saturated rings. The number of likely N-dealkylation sites (N-methyl/N-ethyl adjacent to an activating group) is 1. The van der Waals surface area contributed by atoms with Gasteiger partial charge in [-0.2, -0.15) is 0 Å². The molecule has 4 aromatic rings. The molecule has 0 saturated carbocycles. The first-order valence-corrected chi connectivity index (χ1v) is 14.7. The van der Waals surface area contributed by atoms with E-state index in [0.29, 0.717) is 42.1 Å². The number of anilines is 1. The van der Waals surface area contributed by atoms with Gasteiger partial charge in [0.1, 0.15) is 24.2 Å². The van der Waals surface area contributed by atoms with E-state index in [1.54, 1.807) is 37.1 Å². The Labute approximate surface area is 255 Å². The average Bonchev–Trinajstić information content (AvgIpc) is 3.49. The Kier molecular flexibility index (Phi) is 8.42. The van der Waals surface area contributed by atoms with Gasteiger partial charge in [-0.15, -0.1) is 0 Å². The molecule has 3 aromatic carbocycles. The minimum absolute atomic E-state index is 0.0857. The van der Waals surface area contributed by atoms with Crippen molar-refractivity contribution < 1.29 is 28.4 Å². The monoisotopic (exact) mass is 594 g/mol. The summed E-state index contributed by atoms with van der Waals surface area (Å²) in [6.07, 6.45) is 0.877. The van der Waals surface area contributed by atoms with E-state index in [9.17, 15) is 14.4 Å². The van der Waals surface area contributed by atoms with Gasteiger partial charge in [-0.1, -0.05) is 59.8 Å². The van der Waals surface area contributed by atoms with Crippen molar-refractivity contribution in [2.24, 2.45) is 0 Å². The van der Waals surface area contributed by atoms with Crippen LogP contribution in [0.2, 0.25) is 0 Å². The molecule has 0 bridgehead atoms. The van der Waals surface area contributed by atoms with Crippen LogP contribution in [0.3, 0.4) is 0 Å². The van der Waals surface area contributed by atoms with Gasteiger partial charge in [-0.25, -0.2) is 0 Å². The van der Waals surface area contributed by atoms with Gasteiger partial charge in [-0.05, 0) is 54.7 Å². The van der Waals surface area contributed by atoms with Gasteiger partial charge in [0.15, 0.2) is 5.69 Å². The fraction of sp³-hybridized carbons (Fsp3) is 0.294. The molecule has 0 aliphatic carbocycles. The van der Waals surface area contributed by atoms with Crippen LogP contribution in [0.5, 0.6) is 5.75 Å². The smallest absolute Gasteiger partial charge is 0.277 e. The third-order valence-electron chi connectivity index (χ3n) is 8.09. The van der Waals surface area contributed by atoms with Crippen LogP contribution in [0.25, 0.3) is 11.1 Å². The Bertz CT molecular complexity index is 1650. The second-order valence-electron chi connectivity index (χ2n) is 11.2. The lowest BCUT2D eigenvalue weighted by molar-refractivity contribution is -0.134. The van der Waals surface area contributed by atoms with E-state index in [2.05, 4.69) is 40.1 Å². The highest BCUT2D eigenvalue weighted by Gasteiger charge is 2.39. The predicted molar refractivity (Wildman–Crippen MR) is 163 cm³/mol. The van der Waals surface area contributed by atoms with Crippen molar-refractivity contribution in [1.82, 2.24) is 15.4 Å². The van der Waals surface area contributed by atoms with Crippen LogP contribution in [-0.4, -0.2) is 59.7 Å². The zero-order valence-corrected chi connectivity index (χ0v) is 24.6. The van der Waals surface area contributed by atoms with Crippen molar-refractivity contribution in [3.05, 3.63) is 101 Å². The summed E-state index contributed by atoms with van der Waals surface area (Å²) in [7, 11) is 1.75. The topological polar surface area (TPSA) is 123 Å². The zero-order chi connectivity index (χ0) is 30.6. The second kappa shape index (κ2) is 12.7. The van der Waals surface area contributed by atoms with Crippen molar-refractivity contribution >= 4 is 23.4 Å². The molecule has 0 unspecified atom stereocenters. The number of nitrogens with zero attached hydrogens (tertiary/aromatic N) is 2. The maximum absolute atomic E-state index is 13.5. The molecule has 10 nitrogen and oxygen atoms in total. The Morgan fingerprint density at radius 2 is 1.75 bits per heavy atom. The zero-order valence-electron chi connectivity index (χ0n) is 24.6. The summed E-state index contributed by atoms with van der Waals surface area (Å²) in [5, 5.41) is 9.49. The highest BCUT2D eigenvalue weighted by Crippen LogP contribution is 2.32. The Hall–Kier alpha value is -4.96. The molecule has 2 aliphatic rings. The van der Waals surface area contributed by atoms with Crippen molar-refractivity contribution in [1.29, 1.82) is 0 Å². The van der Waals surface area contributed by atoms with Crippen LogP contribution in [0.15, 0.2) is 83.4 Å². The fourth-order valence-electron chi connectivity index (χ4n) is 5.70. The van der Waals surface area contributed by atoms with E-state index in [-0.39, 0.29) is 48.8 Å². The first-order valence-electron chi connectivity index (χ1n) is 14.7. The molecular weight excluding hydrogens is 560 g/mol.